The molecule has 1 heterocycles. The van der Waals surface area contributed by atoms with Crippen molar-refractivity contribution in [3.8, 4) is 0 Å². The van der Waals surface area contributed by atoms with E-state index in [4.69, 9.17) is 0 Å². The molecule has 0 aliphatic rings. The molecule has 0 radical (unpaired) electrons. The zero-order valence-corrected chi connectivity index (χ0v) is 14.0. The van der Waals surface area contributed by atoms with Gasteiger partial charge in [-0.3, -0.25) is 10.1 Å². The maximum atomic E-state index is 10.7. The largest absolute Gasteiger partial charge is 0.269 e. The Morgan fingerprint density at radius 2 is 1.68 bits per heavy atom. The van der Waals surface area contributed by atoms with E-state index in [0.29, 0.717) is 0 Å². The lowest BCUT2D eigenvalue weighted by molar-refractivity contribution is -0.669. The number of nitro benzene ring substituents is 1. The number of rotatable bonds is 5. The van der Waals surface area contributed by atoms with Gasteiger partial charge in [0, 0.05) is 35.7 Å². The molecule has 0 spiro atoms. The third-order valence-electron chi connectivity index (χ3n) is 4.06. The van der Waals surface area contributed by atoms with E-state index in [1.54, 1.807) is 12.1 Å². The summed E-state index contributed by atoms with van der Waals surface area (Å²) in [7, 11) is 0. The second-order valence-electron chi connectivity index (χ2n) is 5.63. The van der Waals surface area contributed by atoms with Gasteiger partial charge in [-0.2, -0.15) is 4.57 Å². The number of para-hydroxylation sites is 1. The summed E-state index contributed by atoms with van der Waals surface area (Å²) >= 11 is 0. The summed E-state index contributed by atoms with van der Waals surface area (Å²) in [6, 6.07) is 19.1. The molecule has 0 unspecified atom stereocenters. The van der Waals surface area contributed by atoms with Crippen LogP contribution in [0.25, 0.3) is 23.1 Å². The predicted octanol–water partition coefficient (Wildman–Crippen LogP) is 4.78. The SMILES string of the molecule is CC[n+]1c(C=CC=Cc2ccc([N+](=O)[O-])cc2)ccc2ccccc21. The number of aryl methyl sites for hydroxylation is 1. The van der Waals surface area contributed by atoms with Crippen molar-refractivity contribution < 1.29 is 9.49 Å². The standard InChI is InChI=1S/C21H19N2O2/c1-2-22-19(16-13-18-8-4-6-10-21(18)22)9-5-3-7-17-11-14-20(15-12-17)23(24)25/h3-16H,2H2,1H3/q+1. The zero-order valence-electron chi connectivity index (χ0n) is 14.0. The summed E-state index contributed by atoms with van der Waals surface area (Å²) < 4.78 is 2.27. The highest BCUT2D eigenvalue weighted by Gasteiger charge is 2.10. The van der Waals surface area contributed by atoms with Crippen LogP contribution in [0.3, 0.4) is 0 Å². The molecule has 3 rings (SSSR count). The van der Waals surface area contributed by atoms with Gasteiger partial charge in [0.1, 0.15) is 6.54 Å². The van der Waals surface area contributed by atoms with Crippen molar-refractivity contribution in [2.75, 3.05) is 0 Å². The summed E-state index contributed by atoms with van der Waals surface area (Å²) in [5.74, 6) is 0. The zero-order chi connectivity index (χ0) is 17.6. The average molecular weight is 331 g/mol. The monoisotopic (exact) mass is 331 g/mol. The number of allylic oxidation sites excluding steroid dienone is 2. The minimum Gasteiger partial charge on any atom is -0.258 e. The van der Waals surface area contributed by atoms with Crippen LogP contribution >= 0.6 is 0 Å². The fourth-order valence-corrected chi connectivity index (χ4v) is 2.80. The van der Waals surface area contributed by atoms with E-state index in [2.05, 4.69) is 47.9 Å². The molecule has 0 atom stereocenters. The lowest BCUT2D eigenvalue weighted by Gasteiger charge is -2.02. The number of non-ortho nitro benzene ring substituents is 1. The smallest absolute Gasteiger partial charge is 0.258 e. The van der Waals surface area contributed by atoms with Crippen LogP contribution in [0.5, 0.6) is 0 Å². The van der Waals surface area contributed by atoms with E-state index in [1.165, 1.54) is 23.0 Å². The molecule has 0 N–H and O–H groups in total. The highest BCUT2D eigenvalue weighted by Crippen LogP contribution is 2.14. The summed E-state index contributed by atoms with van der Waals surface area (Å²) in [6.07, 6.45) is 7.92. The number of nitrogens with zero attached hydrogens (tertiary/aromatic N) is 2. The maximum absolute atomic E-state index is 10.7. The number of hydrogen-bond acceptors (Lipinski definition) is 2. The van der Waals surface area contributed by atoms with Crippen molar-refractivity contribution in [3.63, 3.8) is 0 Å². The van der Waals surface area contributed by atoms with Gasteiger partial charge in [0.05, 0.1) is 4.92 Å². The number of hydrogen-bond donors (Lipinski definition) is 0. The van der Waals surface area contributed by atoms with Gasteiger partial charge in [-0.25, -0.2) is 0 Å². The molecule has 1 aromatic heterocycles. The Labute approximate surface area is 146 Å². The van der Waals surface area contributed by atoms with Crippen molar-refractivity contribution in [1.82, 2.24) is 0 Å². The predicted molar refractivity (Wildman–Crippen MR) is 101 cm³/mol. The van der Waals surface area contributed by atoms with E-state index in [-0.39, 0.29) is 5.69 Å². The Kier molecular flexibility index (Phi) is 5.00. The van der Waals surface area contributed by atoms with Crippen LogP contribution < -0.4 is 4.57 Å². The van der Waals surface area contributed by atoms with Crippen LogP contribution in [0, 0.1) is 10.1 Å². The molecular formula is C21H19N2O2+. The molecule has 0 amide bonds. The normalized spacial score (nSPS) is 11.6. The fourth-order valence-electron chi connectivity index (χ4n) is 2.80. The summed E-state index contributed by atoms with van der Waals surface area (Å²) in [5.41, 5.74) is 3.38. The number of benzene rings is 2. The Balaban J connectivity index is 1.80. The van der Waals surface area contributed by atoms with Gasteiger partial charge in [-0.1, -0.05) is 30.4 Å². The first-order chi connectivity index (χ1) is 12.2. The van der Waals surface area contributed by atoms with Crippen LogP contribution in [0.2, 0.25) is 0 Å². The maximum Gasteiger partial charge on any atom is 0.269 e. The molecule has 4 heteroatoms. The van der Waals surface area contributed by atoms with E-state index >= 15 is 0 Å². The highest BCUT2D eigenvalue weighted by atomic mass is 16.6. The minimum atomic E-state index is -0.392. The van der Waals surface area contributed by atoms with Gasteiger partial charge in [-0.15, -0.1) is 0 Å². The Morgan fingerprint density at radius 3 is 2.40 bits per heavy atom. The fraction of sp³-hybridized carbons (Fsp3) is 0.0952. The molecule has 4 nitrogen and oxygen atoms in total. The van der Waals surface area contributed by atoms with Crippen LogP contribution in [0.1, 0.15) is 18.2 Å². The van der Waals surface area contributed by atoms with Crippen molar-refractivity contribution in [1.29, 1.82) is 0 Å². The first-order valence-corrected chi connectivity index (χ1v) is 8.20. The average Bonchev–Trinajstić information content (AvgIpc) is 2.65. The van der Waals surface area contributed by atoms with Gasteiger partial charge in [0.2, 0.25) is 11.2 Å². The highest BCUT2D eigenvalue weighted by molar-refractivity contribution is 5.76. The van der Waals surface area contributed by atoms with Crippen LogP contribution in [-0.2, 0) is 6.54 Å². The molecule has 0 fully saturated rings. The number of nitro groups is 1. The third-order valence-corrected chi connectivity index (χ3v) is 4.06. The molecule has 124 valence electrons. The Morgan fingerprint density at radius 1 is 0.960 bits per heavy atom. The number of pyridine rings is 1. The summed E-state index contributed by atoms with van der Waals surface area (Å²) in [4.78, 5) is 10.3. The summed E-state index contributed by atoms with van der Waals surface area (Å²) in [6.45, 7) is 3.03. The van der Waals surface area contributed by atoms with Crippen LogP contribution in [0.15, 0.2) is 72.8 Å². The van der Waals surface area contributed by atoms with Crippen molar-refractivity contribution >= 4 is 28.7 Å². The molecule has 0 saturated heterocycles. The molecule has 3 aromatic rings. The quantitative estimate of drug-likeness (QED) is 0.292. The Hall–Kier alpha value is -3.27. The van der Waals surface area contributed by atoms with E-state index in [9.17, 15) is 10.1 Å². The van der Waals surface area contributed by atoms with Gasteiger partial charge >= 0.3 is 0 Å². The Bertz CT molecular complexity index is 957. The molecule has 0 aliphatic carbocycles. The van der Waals surface area contributed by atoms with Crippen LogP contribution in [-0.4, -0.2) is 4.92 Å². The lowest BCUT2D eigenvalue weighted by Crippen LogP contribution is -2.36. The molecule has 0 aliphatic heterocycles. The molecule has 2 aromatic carbocycles. The number of aromatic nitrogens is 1. The van der Waals surface area contributed by atoms with E-state index in [0.717, 1.165) is 17.8 Å². The van der Waals surface area contributed by atoms with E-state index in [1.807, 2.05) is 24.3 Å². The topological polar surface area (TPSA) is 47.0 Å². The van der Waals surface area contributed by atoms with Crippen molar-refractivity contribution in [3.05, 3.63) is 94.2 Å². The van der Waals surface area contributed by atoms with Gasteiger partial charge in [0.25, 0.3) is 5.69 Å². The van der Waals surface area contributed by atoms with Crippen molar-refractivity contribution in [2.45, 2.75) is 13.5 Å². The molecular weight excluding hydrogens is 312 g/mol. The van der Waals surface area contributed by atoms with Gasteiger partial charge in [-0.05, 0) is 36.8 Å². The van der Waals surface area contributed by atoms with E-state index < -0.39 is 4.92 Å². The third kappa shape index (κ3) is 3.80. The first kappa shape index (κ1) is 16.6. The van der Waals surface area contributed by atoms with Crippen molar-refractivity contribution in [2.24, 2.45) is 0 Å². The minimum absolute atomic E-state index is 0.104. The second-order valence-corrected chi connectivity index (χ2v) is 5.63. The van der Waals surface area contributed by atoms with Crippen LogP contribution in [0.4, 0.5) is 5.69 Å². The van der Waals surface area contributed by atoms with Gasteiger partial charge in [0.15, 0.2) is 0 Å². The molecule has 0 saturated carbocycles. The molecule has 0 bridgehead atoms. The lowest BCUT2D eigenvalue weighted by atomic mass is 10.1. The second kappa shape index (κ2) is 7.53. The summed E-state index contributed by atoms with van der Waals surface area (Å²) in [5, 5.41) is 11.9. The first-order valence-electron chi connectivity index (χ1n) is 8.20. The number of fused-ring (bicyclic) bond motifs is 1. The molecule has 25 heavy (non-hydrogen) atoms. The van der Waals surface area contributed by atoms with Gasteiger partial charge < -0.3 is 0 Å².